The summed E-state index contributed by atoms with van der Waals surface area (Å²) >= 11 is 0. The molecule has 0 unspecified atom stereocenters. The minimum Gasteiger partial charge on any atom is -0.322 e. The van der Waals surface area contributed by atoms with Gasteiger partial charge < -0.3 is 5.32 Å². The first-order chi connectivity index (χ1) is 12.3. The molecule has 4 nitrogen and oxygen atoms in total. The number of fused-ring (bicyclic) bond motifs is 4. The SMILES string of the molecule is O=C(Nc1ccc2c(c1)-c1ccccc1C2)c1cccc2cn[nH]c12. The molecule has 0 bridgehead atoms. The second-order valence-electron chi connectivity index (χ2n) is 6.30. The van der Waals surface area contributed by atoms with Gasteiger partial charge in [-0.05, 0) is 46.9 Å². The second kappa shape index (κ2) is 5.31. The van der Waals surface area contributed by atoms with Gasteiger partial charge in [0.25, 0.3) is 5.91 Å². The van der Waals surface area contributed by atoms with E-state index in [-0.39, 0.29) is 5.91 Å². The first-order valence-corrected chi connectivity index (χ1v) is 8.24. The van der Waals surface area contributed by atoms with Crippen LogP contribution in [-0.4, -0.2) is 16.1 Å². The standard InChI is InChI=1S/C21H15N3O/c25-21(18-7-3-5-15-12-22-24-20(15)18)23-16-9-8-14-10-13-4-1-2-6-17(13)19(14)11-16/h1-9,11-12H,10H2,(H,22,24)(H,23,25). The number of H-pyrrole nitrogens is 1. The number of aromatic nitrogens is 2. The topological polar surface area (TPSA) is 57.8 Å². The third kappa shape index (κ3) is 2.22. The molecule has 1 heterocycles. The lowest BCUT2D eigenvalue weighted by atomic mass is 10.0. The van der Waals surface area contributed by atoms with Gasteiger partial charge in [0.15, 0.2) is 0 Å². The number of rotatable bonds is 2. The average molecular weight is 325 g/mol. The van der Waals surface area contributed by atoms with E-state index in [1.807, 2.05) is 18.2 Å². The van der Waals surface area contributed by atoms with E-state index in [2.05, 4.69) is 51.9 Å². The minimum absolute atomic E-state index is 0.138. The molecular formula is C21H15N3O. The number of amides is 1. The largest absolute Gasteiger partial charge is 0.322 e. The molecule has 4 aromatic rings. The number of hydrogen-bond acceptors (Lipinski definition) is 2. The molecule has 3 aromatic carbocycles. The van der Waals surface area contributed by atoms with Crippen molar-refractivity contribution in [2.75, 3.05) is 5.32 Å². The predicted octanol–water partition coefficient (Wildman–Crippen LogP) is 4.39. The van der Waals surface area contributed by atoms with Gasteiger partial charge in [-0.25, -0.2) is 0 Å². The quantitative estimate of drug-likeness (QED) is 0.506. The number of nitrogens with zero attached hydrogens (tertiary/aromatic N) is 1. The van der Waals surface area contributed by atoms with Gasteiger partial charge in [-0.15, -0.1) is 0 Å². The Labute approximate surface area is 144 Å². The van der Waals surface area contributed by atoms with Crippen molar-refractivity contribution in [3.05, 3.63) is 83.6 Å². The summed E-state index contributed by atoms with van der Waals surface area (Å²) in [5.74, 6) is -0.138. The van der Waals surface area contributed by atoms with Crippen molar-refractivity contribution >= 4 is 22.5 Å². The van der Waals surface area contributed by atoms with Crippen LogP contribution in [0.1, 0.15) is 21.5 Å². The Hall–Kier alpha value is -3.40. The maximum Gasteiger partial charge on any atom is 0.257 e. The third-order valence-corrected chi connectivity index (χ3v) is 4.78. The lowest BCUT2D eigenvalue weighted by Crippen LogP contribution is -2.12. The van der Waals surface area contributed by atoms with Crippen LogP contribution < -0.4 is 5.32 Å². The van der Waals surface area contributed by atoms with Gasteiger partial charge in [-0.3, -0.25) is 9.89 Å². The first kappa shape index (κ1) is 14.0. The maximum atomic E-state index is 12.7. The van der Waals surface area contributed by atoms with Crippen LogP contribution in [0.4, 0.5) is 5.69 Å². The maximum absolute atomic E-state index is 12.7. The second-order valence-corrected chi connectivity index (χ2v) is 6.30. The highest BCUT2D eigenvalue weighted by Gasteiger charge is 2.19. The van der Waals surface area contributed by atoms with Gasteiger partial charge in [0.2, 0.25) is 0 Å². The molecule has 1 aromatic heterocycles. The summed E-state index contributed by atoms with van der Waals surface area (Å²) in [6, 6.07) is 20.1. The molecule has 120 valence electrons. The highest BCUT2D eigenvalue weighted by molar-refractivity contribution is 6.12. The molecule has 2 N–H and O–H groups in total. The summed E-state index contributed by atoms with van der Waals surface area (Å²) in [7, 11) is 0. The molecule has 1 amide bonds. The molecular weight excluding hydrogens is 310 g/mol. The van der Waals surface area contributed by atoms with E-state index in [1.54, 1.807) is 12.3 Å². The number of nitrogens with one attached hydrogen (secondary N) is 2. The van der Waals surface area contributed by atoms with Gasteiger partial charge in [0, 0.05) is 11.1 Å². The molecule has 0 spiro atoms. The normalized spacial score (nSPS) is 12.0. The number of benzene rings is 3. The zero-order chi connectivity index (χ0) is 16.8. The van der Waals surface area contributed by atoms with Crippen LogP contribution in [0.5, 0.6) is 0 Å². The fraction of sp³-hybridized carbons (Fsp3) is 0.0476. The van der Waals surface area contributed by atoms with Crippen LogP contribution in [-0.2, 0) is 6.42 Å². The predicted molar refractivity (Wildman–Crippen MR) is 98.7 cm³/mol. The van der Waals surface area contributed by atoms with Crippen LogP contribution in [0, 0.1) is 0 Å². The van der Waals surface area contributed by atoms with Crippen LogP contribution >= 0.6 is 0 Å². The van der Waals surface area contributed by atoms with E-state index >= 15 is 0 Å². The van der Waals surface area contributed by atoms with Crippen LogP contribution in [0.15, 0.2) is 66.9 Å². The van der Waals surface area contributed by atoms with Crippen molar-refractivity contribution in [1.29, 1.82) is 0 Å². The zero-order valence-corrected chi connectivity index (χ0v) is 13.4. The van der Waals surface area contributed by atoms with E-state index in [0.717, 1.165) is 23.0 Å². The van der Waals surface area contributed by atoms with Crippen molar-refractivity contribution in [3.63, 3.8) is 0 Å². The summed E-state index contributed by atoms with van der Waals surface area (Å²) < 4.78 is 0. The van der Waals surface area contributed by atoms with Crippen molar-refractivity contribution < 1.29 is 4.79 Å². The molecule has 0 saturated carbocycles. The Morgan fingerprint density at radius 1 is 0.960 bits per heavy atom. The summed E-state index contributed by atoms with van der Waals surface area (Å²) in [5, 5.41) is 10.9. The summed E-state index contributed by atoms with van der Waals surface area (Å²) in [5.41, 5.74) is 7.25. The number of hydrogen-bond donors (Lipinski definition) is 2. The van der Waals surface area contributed by atoms with Crippen molar-refractivity contribution in [2.24, 2.45) is 0 Å². The molecule has 0 fully saturated rings. The monoisotopic (exact) mass is 325 g/mol. The fourth-order valence-corrected chi connectivity index (χ4v) is 3.56. The summed E-state index contributed by atoms with van der Waals surface area (Å²) in [6.07, 6.45) is 2.67. The number of aromatic amines is 1. The van der Waals surface area contributed by atoms with E-state index in [0.29, 0.717) is 5.56 Å². The molecule has 4 heteroatoms. The molecule has 5 rings (SSSR count). The van der Waals surface area contributed by atoms with Crippen molar-refractivity contribution in [3.8, 4) is 11.1 Å². The third-order valence-electron chi connectivity index (χ3n) is 4.78. The lowest BCUT2D eigenvalue weighted by Gasteiger charge is -2.09. The molecule has 25 heavy (non-hydrogen) atoms. The Morgan fingerprint density at radius 3 is 2.80 bits per heavy atom. The Bertz CT molecular complexity index is 1130. The average Bonchev–Trinajstić information content (AvgIpc) is 3.25. The number of para-hydroxylation sites is 1. The molecule has 0 saturated heterocycles. The zero-order valence-electron chi connectivity index (χ0n) is 13.4. The Balaban J connectivity index is 1.50. The highest BCUT2D eigenvalue weighted by Crippen LogP contribution is 2.37. The van der Waals surface area contributed by atoms with Crippen LogP contribution in [0.3, 0.4) is 0 Å². The van der Waals surface area contributed by atoms with E-state index in [1.165, 1.54) is 22.3 Å². The van der Waals surface area contributed by atoms with Gasteiger partial charge in [-0.2, -0.15) is 5.10 Å². The smallest absolute Gasteiger partial charge is 0.257 e. The highest BCUT2D eigenvalue weighted by atomic mass is 16.1. The van der Waals surface area contributed by atoms with Crippen molar-refractivity contribution in [2.45, 2.75) is 6.42 Å². The molecule has 0 atom stereocenters. The fourth-order valence-electron chi connectivity index (χ4n) is 3.56. The van der Waals surface area contributed by atoms with Gasteiger partial charge >= 0.3 is 0 Å². The number of carbonyl (C=O) groups excluding carboxylic acids is 1. The molecule has 1 aliphatic carbocycles. The Kier molecular flexibility index (Phi) is 2.97. The van der Waals surface area contributed by atoms with Crippen LogP contribution in [0.2, 0.25) is 0 Å². The van der Waals surface area contributed by atoms with Gasteiger partial charge in [-0.1, -0.05) is 42.5 Å². The molecule has 0 aliphatic heterocycles. The number of carbonyl (C=O) groups is 1. The summed E-state index contributed by atoms with van der Waals surface area (Å²) in [6.45, 7) is 0. The van der Waals surface area contributed by atoms with Gasteiger partial charge in [0.05, 0.1) is 17.3 Å². The first-order valence-electron chi connectivity index (χ1n) is 8.24. The van der Waals surface area contributed by atoms with Crippen molar-refractivity contribution in [1.82, 2.24) is 10.2 Å². The van der Waals surface area contributed by atoms with E-state index < -0.39 is 0 Å². The van der Waals surface area contributed by atoms with Crippen LogP contribution in [0.25, 0.3) is 22.0 Å². The lowest BCUT2D eigenvalue weighted by molar-refractivity contribution is 0.102. The van der Waals surface area contributed by atoms with E-state index in [4.69, 9.17) is 0 Å². The molecule has 1 aliphatic rings. The number of anilines is 1. The minimum atomic E-state index is -0.138. The summed E-state index contributed by atoms with van der Waals surface area (Å²) in [4.78, 5) is 12.7. The van der Waals surface area contributed by atoms with Gasteiger partial charge in [0.1, 0.15) is 0 Å². The van der Waals surface area contributed by atoms with E-state index in [9.17, 15) is 4.79 Å². The Morgan fingerprint density at radius 2 is 1.84 bits per heavy atom. The molecule has 0 radical (unpaired) electrons.